The molecule has 0 saturated carbocycles. The van der Waals surface area contributed by atoms with Crippen LogP contribution < -0.4 is 14.4 Å². The molecule has 0 fully saturated rings. The summed E-state index contributed by atoms with van der Waals surface area (Å²) in [6.07, 6.45) is 10.5. The van der Waals surface area contributed by atoms with Crippen molar-refractivity contribution < 1.29 is 27.4 Å². The second kappa shape index (κ2) is 13.0. The van der Waals surface area contributed by atoms with Crippen molar-refractivity contribution in [1.82, 2.24) is 4.57 Å². The maximum atomic E-state index is 11.7. The zero-order chi connectivity index (χ0) is 31.3. The first-order valence-electron chi connectivity index (χ1n) is 13.1. The van der Waals surface area contributed by atoms with Gasteiger partial charge in [0.05, 0.1) is 51.4 Å². The highest BCUT2D eigenvalue weighted by molar-refractivity contribution is 7.85. The number of carboxylic acid groups (broad SMARTS) is 1. The van der Waals surface area contributed by atoms with Crippen molar-refractivity contribution in [3.63, 3.8) is 0 Å². The Kier molecular flexibility index (Phi) is 9.37. The van der Waals surface area contributed by atoms with Crippen LogP contribution in [0.25, 0.3) is 28.2 Å². The Hall–Kier alpha value is -4.88. The molecule has 13 heteroatoms. The minimum Gasteiger partial charge on any atom is -0.748 e. The number of aryl methyl sites for hydroxylation is 1. The lowest BCUT2D eigenvalue weighted by Crippen LogP contribution is -2.32. The Morgan fingerprint density at radius 3 is 2.60 bits per heavy atom. The predicted molar refractivity (Wildman–Crippen MR) is 164 cm³/mol. The number of allylic oxidation sites excluding steroid dienone is 4. The predicted octanol–water partition coefficient (Wildman–Crippen LogP) is 4.88. The molecule has 2 heterocycles. The molecule has 0 atom stereocenters. The number of halogens is 1. The molecule has 0 radical (unpaired) electrons. The number of carbonyl (C=O) groups is 1. The molecule has 1 N–H and O–H groups in total. The molecule has 0 aliphatic carbocycles. The van der Waals surface area contributed by atoms with Crippen molar-refractivity contribution in [2.45, 2.75) is 19.9 Å². The fraction of sp³-hybridized carbons (Fsp3) is 0.200. The fourth-order valence-corrected chi connectivity index (χ4v) is 5.68. The van der Waals surface area contributed by atoms with Crippen LogP contribution in [0, 0.1) is 17.9 Å². The van der Waals surface area contributed by atoms with Gasteiger partial charge in [-0.05, 0) is 43.7 Å². The van der Waals surface area contributed by atoms with E-state index in [4.69, 9.17) is 18.2 Å². The number of hydrogen-bond acceptors (Lipinski definition) is 7. The number of nitriles is 1. The van der Waals surface area contributed by atoms with Crippen LogP contribution in [-0.2, 0) is 21.5 Å². The topological polar surface area (TPSA) is 138 Å². The zero-order valence-corrected chi connectivity index (χ0v) is 24.7. The number of benzene rings is 2. The highest BCUT2D eigenvalue weighted by Gasteiger charge is 2.32. The SMILES string of the molecule is [C-]#[N+]c1ccc2c(c1)n(CCCS(=O)(=O)[O-])c(/C=C/C=C/C=C1\N(CC)c3cc(Cl)c(C#N)cc3N1CC(=O)O)[n+]2C=C. The van der Waals surface area contributed by atoms with Crippen molar-refractivity contribution in [3.05, 3.63) is 94.9 Å². The number of imidazole rings is 1. The standard InChI is InChI=1S/C30H27ClN6O5S/c1-4-34-24-13-12-22(33-3)17-26(24)36(14-9-15-43(40,41)42)28(34)10-7-6-8-11-29-35(5-2)27-18-23(31)21(19-32)16-25(27)37(29)20-30(38)39/h4,6-8,10-13,16-18H,1,5,9,14-15,20H2,2H3,(H-,38,39,40,41,42). The second-order valence-corrected chi connectivity index (χ2v) is 11.3. The van der Waals surface area contributed by atoms with Gasteiger partial charge in [-0.1, -0.05) is 42.5 Å². The molecule has 4 rings (SSSR count). The highest BCUT2D eigenvalue weighted by atomic mass is 35.5. The molecular weight excluding hydrogens is 592 g/mol. The first-order chi connectivity index (χ1) is 20.5. The minimum absolute atomic E-state index is 0.0855. The van der Waals surface area contributed by atoms with E-state index in [0.29, 0.717) is 40.8 Å². The highest BCUT2D eigenvalue weighted by Crippen LogP contribution is 2.44. The van der Waals surface area contributed by atoms with Crippen LogP contribution in [-0.4, -0.2) is 47.5 Å². The molecule has 1 aliphatic rings. The quantitative estimate of drug-likeness (QED) is 0.139. The number of aliphatic carboxylic acids is 1. The molecule has 0 amide bonds. The Labute approximate surface area is 254 Å². The summed E-state index contributed by atoms with van der Waals surface area (Å²) >= 11 is 6.28. The lowest BCUT2D eigenvalue weighted by molar-refractivity contribution is -0.542. The van der Waals surface area contributed by atoms with Gasteiger partial charge in [-0.3, -0.25) is 4.79 Å². The van der Waals surface area contributed by atoms with Crippen molar-refractivity contribution in [3.8, 4) is 6.07 Å². The van der Waals surface area contributed by atoms with Gasteiger partial charge >= 0.3 is 5.97 Å². The largest absolute Gasteiger partial charge is 0.748 e. The average molecular weight is 619 g/mol. The molecule has 3 aromatic rings. The van der Waals surface area contributed by atoms with Crippen molar-refractivity contribution in [2.75, 3.05) is 28.6 Å². The minimum atomic E-state index is -4.39. The van der Waals surface area contributed by atoms with Gasteiger partial charge in [0.25, 0.3) is 5.82 Å². The monoisotopic (exact) mass is 618 g/mol. The third kappa shape index (κ3) is 6.63. The molecule has 2 aromatic carbocycles. The Balaban J connectivity index is 1.71. The summed E-state index contributed by atoms with van der Waals surface area (Å²) in [4.78, 5) is 18.7. The van der Waals surface area contributed by atoms with E-state index < -0.39 is 21.8 Å². The van der Waals surface area contributed by atoms with Gasteiger partial charge in [-0.2, -0.15) is 9.83 Å². The van der Waals surface area contributed by atoms with E-state index in [1.165, 1.54) is 0 Å². The molecule has 0 saturated heterocycles. The molecule has 0 unspecified atom stereocenters. The van der Waals surface area contributed by atoms with Crippen LogP contribution in [0.2, 0.25) is 5.02 Å². The van der Waals surface area contributed by atoms with Crippen LogP contribution in [0.5, 0.6) is 0 Å². The molecular formula is C30H27ClN6O5S. The van der Waals surface area contributed by atoms with E-state index in [1.807, 2.05) is 22.5 Å². The van der Waals surface area contributed by atoms with Gasteiger partial charge in [0.15, 0.2) is 16.7 Å². The maximum Gasteiger partial charge on any atom is 0.323 e. The van der Waals surface area contributed by atoms with Crippen LogP contribution in [0.1, 0.15) is 24.7 Å². The summed E-state index contributed by atoms with van der Waals surface area (Å²) < 4.78 is 37.3. The summed E-state index contributed by atoms with van der Waals surface area (Å²) in [7, 11) is -4.39. The Morgan fingerprint density at radius 2 is 1.98 bits per heavy atom. The number of hydrogen-bond donors (Lipinski definition) is 1. The third-order valence-electron chi connectivity index (χ3n) is 6.76. The molecule has 0 bridgehead atoms. The zero-order valence-electron chi connectivity index (χ0n) is 23.1. The van der Waals surface area contributed by atoms with Gasteiger partial charge in [-0.25, -0.2) is 17.8 Å². The second-order valence-electron chi connectivity index (χ2n) is 9.39. The molecule has 11 nitrogen and oxygen atoms in total. The Bertz CT molecular complexity index is 1900. The summed E-state index contributed by atoms with van der Waals surface area (Å²) in [5.74, 6) is -0.330. The molecule has 43 heavy (non-hydrogen) atoms. The van der Waals surface area contributed by atoms with Crippen molar-refractivity contribution in [2.24, 2.45) is 0 Å². The first kappa shape index (κ1) is 31.1. The van der Waals surface area contributed by atoms with Crippen LogP contribution in [0.4, 0.5) is 17.1 Å². The molecule has 220 valence electrons. The normalized spacial score (nSPS) is 14.1. The number of carboxylic acids is 1. The molecule has 1 aromatic heterocycles. The van der Waals surface area contributed by atoms with Gasteiger partial charge in [-0.15, -0.1) is 0 Å². The number of fused-ring (bicyclic) bond motifs is 2. The van der Waals surface area contributed by atoms with E-state index in [9.17, 15) is 28.1 Å². The number of anilines is 2. The van der Waals surface area contributed by atoms with Crippen LogP contribution in [0.3, 0.4) is 0 Å². The van der Waals surface area contributed by atoms with E-state index in [1.54, 1.807) is 76.4 Å². The summed E-state index contributed by atoms with van der Waals surface area (Å²) in [6.45, 7) is 13.6. The third-order valence-corrected chi connectivity index (χ3v) is 7.86. The van der Waals surface area contributed by atoms with Gasteiger partial charge in [0.1, 0.15) is 18.4 Å². The summed E-state index contributed by atoms with van der Waals surface area (Å²) in [6, 6.07) is 10.4. The van der Waals surface area contributed by atoms with E-state index >= 15 is 0 Å². The number of rotatable bonds is 11. The number of aromatic nitrogens is 2. The van der Waals surface area contributed by atoms with E-state index in [-0.39, 0.29) is 30.1 Å². The number of nitrogens with zero attached hydrogens (tertiary/aromatic N) is 6. The van der Waals surface area contributed by atoms with Crippen LogP contribution in [0.15, 0.2) is 67.0 Å². The first-order valence-corrected chi connectivity index (χ1v) is 15.0. The maximum absolute atomic E-state index is 11.7. The lowest BCUT2D eigenvalue weighted by atomic mass is 10.1. The lowest BCUT2D eigenvalue weighted by Gasteiger charge is -2.22. The van der Waals surface area contributed by atoms with E-state index in [0.717, 1.165) is 5.52 Å². The summed E-state index contributed by atoms with van der Waals surface area (Å²) in [5.41, 5.74) is 3.35. The van der Waals surface area contributed by atoms with Crippen molar-refractivity contribution in [1.29, 1.82) is 5.26 Å². The summed E-state index contributed by atoms with van der Waals surface area (Å²) in [5, 5.41) is 19.3. The smallest absolute Gasteiger partial charge is 0.323 e. The fourth-order valence-electron chi connectivity index (χ4n) is 5.00. The van der Waals surface area contributed by atoms with Crippen molar-refractivity contribution >= 4 is 68.1 Å². The van der Waals surface area contributed by atoms with Crippen LogP contribution >= 0.6 is 11.6 Å². The van der Waals surface area contributed by atoms with Gasteiger partial charge < -0.3 is 19.5 Å². The molecule has 1 aliphatic heterocycles. The Morgan fingerprint density at radius 1 is 1.23 bits per heavy atom. The van der Waals surface area contributed by atoms with E-state index in [2.05, 4.69) is 11.4 Å². The van der Waals surface area contributed by atoms with Gasteiger partial charge in [0.2, 0.25) is 0 Å². The van der Waals surface area contributed by atoms with Gasteiger partial charge in [0, 0.05) is 18.4 Å². The molecule has 0 spiro atoms. The average Bonchev–Trinajstić information content (AvgIpc) is 3.41.